The van der Waals surface area contributed by atoms with Crippen LogP contribution in [0.4, 0.5) is 0 Å². The van der Waals surface area contributed by atoms with Gasteiger partial charge in [0.25, 0.3) is 0 Å². The SMILES string of the molecule is C/C=C1\CN2C3Cc4c([nH]c5cc(OC)ccc45)[C@@H]2C[C@@H]1C3CO. The maximum absolute atomic E-state index is 10.0. The van der Waals surface area contributed by atoms with Crippen LogP contribution in [-0.2, 0) is 6.42 Å². The molecule has 3 fully saturated rings. The molecule has 4 aliphatic rings. The van der Waals surface area contributed by atoms with Crippen LogP contribution < -0.4 is 4.74 Å². The highest BCUT2D eigenvalue weighted by Gasteiger charge is 2.52. The quantitative estimate of drug-likeness (QED) is 0.835. The van der Waals surface area contributed by atoms with Crippen LogP contribution in [0.1, 0.15) is 30.6 Å². The Morgan fingerprint density at radius 3 is 3.04 bits per heavy atom. The van der Waals surface area contributed by atoms with Crippen molar-refractivity contribution in [3.05, 3.63) is 41.1 Å². The number of methoxy groups -OCH3 is 1. The van der Waals surface area contributed by atoms with Crippen molar-refractivity contribution >= 4 is 10.9 Å². The van der Waals surface area contributed by atoms with Crippen LogP contribution in [0, 0.1) is 11.8 Å². The molecular weight excluding hydrogens is 300 g/mol. The minimum absolute atomic E-state index is 0.293. The lowest BCUT2D eigenvalue weighted by atomic mass is 9.64. The number of piperidine rings is 3. The molecule has 0 amide bonds. The molecular formula is C20H24N2O2. The lowest BCUT2D eigenvalue weighted by Gasteiger charge is -2.58. The van der Waals surface area contributed by atoms with Crippen LogP contribution in [0.15, 0.2) is 29.8 Å². The van der Waals surface area contributed by atoms with E-state index in [4.69, 9.17) is 4.74 Å². The Morgan fingerprint density at radius 1 is 1.42 bits per heavy atom. The molecule has 3 unspecified atom stereocenters. The van der Waals surface area contributed by atoms with Gasteiger partial charge in [0, 0.05) is 47.8 Å². The molecule has 4 aliphatic heterocycles. The molecule has 0 aliphatic carbocycles. The third-order valence-corrected chi connectivity index (χ3v) is 6.63. The first-order valence-electron chi connectivity index (χ1n) is 8.95. The van der Waals surface area contributed by atoms with Gasteiger partial charge >= 0.3 is 0 Å². The summed E-state index contributed by atoms with van der Waals surface area (Å²) in [5.74, 6) is 1.81. The number of benzene rings is 1. The van der Waals surface area contributed by atoms with Gasteiger partial charge in [-0.05, 0) is 43.4 Å². The number of fused-ring (bicyclic) bond motifs is 4. The van der Waals surface area contributed by atoms with Crippen LogP contribution in [-0.4, -0.2) is 41.3 Å². The molecule has 0 radical (unpaired) electrons. The predicted octanol–water partition coefficient (Wildman–Crippen LogP) is 3.03. The smallest absolute Gasteiger partial charge is 0.120 e. The van der Waals surface area contributed by atoms with Gasteiger partial charge in [0.2, 0.25) is 0 Å². The van der Waals surface area contributed by atoms with E-state index in [0.29, 0.717) is 30.5 Å². The van der Waals surface area contributed by atoms with Gasteiger partial charge in [-0.25, -0.2) is 0 Å². The minimum Gasteiger partial charge on any atom is -0.497 e. The summed E-state index contributed by atoms with van der Waals surface area (Å²) in [7, 11) is 1.71. The Morgan fingerprint density at radius 2 is 2.29 bits per heavy atom. The standard InChI is InChI=1S/C20H24N2O2/c1-3-11-9-22-18-8-15-13-5-4-12(24-2)6-17(13)21-20(15)19(22)7-14(11)16(18)10-23/h3-6,14,16,18-19,21,23H,7-10H2,1-2H3/b11-3+/t14-,16?,18?,19-/m0/s1. The zero-order chi connectivity index (χ0) is 16.4. The fraction of sp³-hybridized carbons (Fsp3) is 0.500. The van der Waals surface area contributed by atoms with Gasteiger partial charge in [0.05, 0.1) is 13.2 Å². The van der Waals surface area contributed by atoms with E-state index in [1.54, 1.807) is 7.11 Å². The predicted molar refractivity (Wildman–Crippen MR) is 94.2 cm³/mol. The summed E-state index contributed by atoms with van der Waals surface area (Å²) >= 11 is 0. The van der Waals surface area contributed by atoms with Gasteiger partial charge < -0.3 is 14.8 Å². The molecule has 24 heavy (non-hydrogen) atoms. The number of aromatic nitrogens is 1. The number of hydrogen-bond donors (Lipinski definition) is 2. The Bertz CT molecular complexity index is 838. The Kier molecular flexibility index (Phi) is 3.10. The summed E-state index contributed by atoms with van der Waals surface area (Å²) in [6, 6.07) is 7.27. The van der Waals surface area contributed by atoms with E-state index in [1.807, 2.05) is 0 Å². The first-order valence-corrected chi connectivity index (χ1v) is 8.95. The van der Waals surface area contributed by atoms with E-state index in [2.05, 4.69) is 41.1 Å². The van der Waals surface area contributed by atoms with Crippen molar-refractivity contribution < 1.29 is 9.84 Å². The second-order valence-electron chi connectivity index (χ2n) is 7.44. The lowest BCUT2D eigenvalue weighted by molar-refractivity contribution is -0.0503. The Hall–Kier alpha value is -1.78. The molecule has 2 N–H and O–H groups in total. The summed E-state index contributed by atoms with van der Waals surface area (Å²) in [6.45, 7) is 3.49. The van der Waals surface area contributed by atoms with E-state index >= 15 is 0 Å². The molecule has 2 aromatic rings. The maximum Gasteiger partial charge on any atom is 0.120 e. The molecule has 1 aromatic heterocycles. The normalized spacial score (nSPS) is 35.5. The van der Waals surface area contributed by atoms with Crippen LogP contribution in [0.2, 0.25) is 0 Å². The summed E-state index contributed by atoms with van der Waals surface area (Å²) < 4.78 is 5.38. The van der Waals surface area contributed by atoms with Crippen LogP contribution in [0.3, 0.4) is 0 Å². The second kappa shape index (κ2) is 5.11. The van der Waals surface area contributed by atoms with E-state index in [0.717, 1.165) is 25.1 Å². The monoisotopic (exact) mass is 324 g/mol. The first kappa shape index (κ1) is 14.6. The van der Waals surface area contributed by atoms with E-state index < -0.39 is 0 Å². The first-order chi connectivity index (χ1) is 11.7. The highest BCUT2D eigenvalue weighted by atomic mass is 16.5. The molecule has 5 heterocycles. The molecule has 4 nitrogen and oxygen atoms in total. The number of hydrogen-bond acceptors (Lipinski definition) is 3. The summed E-state index contributed by atoms with van der Waals surface area (Å²) in [5.41, 5.74) is 5.55. The molecule has 4 bridgehead atoms. The average Bonchev–Trinajstić information content (AvgIpc) is 2.99. The second-order valence-corrected chi connectivity index (χ2v) is 7.44. The van der Waals surface area contributed by atoms with Crippen molar-refractivity contribution in [3.63, 3.8) is 0 Å². The lowest BCUT2D eigenvalue weighted by Crippen LogP contribution is -2.60. The zero-order valence-electron chi connectivity index (χ0n) is 14.2. The molecule has 3 saturated heterocycles. The van der Waals surface area contributed by atoms with Crippen molar-refractivity contribution in [2.45, 2.75) is 31.8 Å². The number of ether oxygens (including phenoxy) is 1. The Labute approximate surface area is 142 Å². The molecule has 4 heteroatoms. The summed E-state index contributed by atoms with van der Waals surface area (Å²) in [5, 5.41) is 11.4. The van der Waals surface area contributed by atoms with Crippen molar-refractivity contribution in [1.82, 2.24) is 9.88 Å². The van der Waals surface area contributed by atoms with Gasteiger partial charge in [-0.2, -0.15) is 0 Å². The fourth-order valence-electron chi connectivity index (χ4n) is 5.48. The summed E-state index contributed by atoms with van der Waals surface area (Å²) in [4.78, 5) is 6.32. The highest BCUT2D eigenvalue weighted by Crippen LogP contribution is 2.54. The number of aliphatic hydroxyl groups excluding tert-OH is 1. The number of aliphatic hydroxyl groups is 1. The van der Waals surface area contributed by atoms with Crippen LogP contribution in [0.5, 0.6) is 5.75 Å². The van der Waals surface area contributed by atoms with Crippen molar-refractivity contribution in [3.8, 4) is 5.75 Å². The van der Waals surface area contributed by atoms with Gasteiger partial charge in [-0.15, -0.1) is 0 Å². The zero-order valence-corrected chi connectivity index (χ0v) is 14.2. The number of allylic oxidation sites excluding steroid dienone is 1. The van der Waals surface area contributed by atoms with Crippen molar-refractivity contribution in [1.29, 1.82) is 0 Å². The van der Waals surface area contributed by atoms with Crippen molar-refractivity contribution in [2.75, 3.05) is 20.3 Å². The van der Waals surface area contributed by atoms with Crippen LogP contribution in [0.25, 0.3) is 10.9 Å². The number of rotatable bonds is 2. The summed E-state index contributed by atoms with van der Waals surface area (Å²) in [6.07, 6.45) is 4.43. The van der Waals surface area contributed by atoms with E-state index in [-0.39, 0.29) is 0 Å². The Balaban J connectivity index is 1.65. The van der Waals surface area contributed by atoms with Gasteiger partial charge in [0.1, 0.15) is 5.75 Å². The average molecular weight is 324 g/mol. The number of nitrogens with one attached hydrogen (secondary N) is 1. The molecule has 6 rings (SSSR count). The molecule has 126 valence electrons. The minimum atomic E-state index is 0.293. The number of nitrogens with zero attached hydrogens (tertiary/aromatic N) is 1. The van der Waals surface area contributed by atoms with Gasteiger partial charge in [-0.1, -0.05) is 11.6 Å². The van der Waals surface area contributed by atoms with Crippen molar-refractivity contribution in [2.24, 2.45) is 11.8 Å². The molecule has 1 aromatic carbocycles. The number of H-pyrrole nitrogens is 1. The topological polar surface area (TPSA) is 48.5 Å². The number of aromatic amines is 1. The molecule has 0 saturated carbocycles. The van der Waals surface area contributed by atoms with Crippen LogP contribution >= 0.6 is 0 Å². The fourth-order valence-corrected chi connectivity index (χ4v) is 5.48. The maximum atomic E-state index is 10.0. The van der Waals surface area contributed by atoms with Gasteiger partial charge in [0.15, 0.2) is 0 Å². The van der Waals surface area contributed by atoms with Gasteiger partial charge in [-0.3, -0.25) is 4.90 Å². The molecule has 5 atom stereocenters. The largest absolute Gasteiger partial charge is 0.497 e. The third kappa shape index (κ3) is 1.76. The molecule has 0 spiro atoms. The van der Waals surface area contributed by atoms with E-state index in [9.17, 15) is 5.11 Å². The van der Waals surface area contributed by atoms with E-state index in [1.165, 1.54) is 27.7 Å². The highest BCUT2D eigenvalue weighted by molar-refractivity contribution is 5.86. The third-order valence-electron chi connectivity index (χ3n) is 6.63.